The highest BCUT2D eigenvalue weighted by molar-refractivity contribution is 5.75. The van der Waals surface area contributed by atoms with E-state index in [-0.39, 0.29) is 12.4 Å². The Morgan fingerprint density at radius 1 is 0.719 bits per heavy atom. The van der Waals surface area contributed by atoms with Gasteiger partial charge in [0.2, 0.25) is 5.84 Å². The molecule has 1 unspecified atom stereocenters. The van der Waals surface area contributed by atoms with Gasteiger partial charge >= 0.3 is 0 Å². The van der Waals surface area contributed by atoms with Crippen LogP contribution in [0, 0.1) is 0 Å². The standard InChI is InChI=1S/C29H50N2.ClH/c1-3-4-5-6-7-8-9-10-11-12-13-14-15-16-17-21-24-31-27(2)30-26-29(31)25-28-22-19-18-20-23-28;/h18-20,22-23,29H,3-17,21,24-26H2,1-2H3;1H. The predicted molar refractivity (Wildman–Crippen MR) is 137 cm³/mol. The van der Waals surface area contributed by atoms with Crippen LogP contribution in [0.3, 0.4) is 0 Å². The lowest BCUT2D eigenvalue weighted by Crippen LogP contribution is -3.00. The summed E-state index contributed by atoms with van der Waals surface area (Å²) < 4.78 is 2.62. The van der Waals surface area contributed by atoms with E-state index in [4.69, 9.17) is 0 Å². The zero-order valence-corrected chi connectivity index (χ0v) is 22.0. The van der Waals surface area contributed by atoms with Gasteiger partial charge in [-0.15, -0.1) is 0 Å². The van der Waals surface area contributed by atoms with E-state index in [9.17, 15) is 0 Å². The van der Waals surface area contributed by atoms with Crippen LogP contribution < -0.4 is 17.7 Å². The first kappa shape index (κ1) is 29.0. The molecular formula is C29H51ClN2. The van der Waals surface area contributed by atoms with Gasteiger partial charge in [-0.25, -0.2) is 0 Å². The van der Waals surface area contributed by atoms with E-state index in [1.807, 2.05) is 0 Å². The van der Waals surface area contributed by atoms with E-state index >= 15 is 0 Å². The van der Waals surface area contributed by atoms with Crippen LogP contribution in [0.2, 0.25) is 0 Å². The first-order chi connectivity index (χ1) is 15.3. The number of amidine groups is 1. The summed E-state index contributed by atoms with van der Waals surface area (Å²) in [5, 5.41) is 3.59. The summed E-state index contributed by atoms with van der Waals surface area (Å²) in [4.78, 5) is 0. The Morgan fingerprint density at radius 3 is 1.69 bits per heavy atom. The Kier molecular flexibility index (Phi) is 17.6. The van der Waals surface area contributed by atoms with Crippen LogP contribution >= 0.6 is 0 Å². The van der Waals surface area contributed by atoms with Crippen molar-refractivity contribution in [1.82, 2.24) is 5.32 Å². The Hall–Kier alpha value is -1.02. The molecule has 32 heavy (non-hydrogen) atoms. The lowest BCUT2D eigenvalue weighted by molar-refractivity contribution is -0.556. The molecule has 184 valence electrons. The van der Waals surface area contributed by atoms with Crippen LogP contribution in [0.4, 0.5) is 0 Å². The van der Waals surface area contributed by atoms with Gasteiger partial charge in [-0.2, -0.15) is 0 Å². The van der Waals surface area contributed by atoms with Crippen molar-refractivity contribution >= 4 is 5.84 Å². The quantitative estimate of drug-likeness (QED) is 0.228. The minimum Gasteiger partial charge on any atom is -1.00 e. The number of rotatable bonds is 19. The van der Waals surface area contributed by atoms with E-state index in [0.717, 1.165) is 13.0 Å². The fourth-order valence-electron chi connectivity index (χ4n) is 5.00. The van der Waals surface area contributed by atoms with E-state index < -0.39 is 0 Å². The molecule has 1 aromatic rings. The molecule has 1 heterocycles. The number of halogens is 1. The molecule has 0 radical (unpaired) electrons. The van der Waals surface area contributed by atoms with Crippen LogP contribution in [0.25, 0.3) is 0 Å². The normalized spacial score (nSPS) is 15.6. The van der Waals surface area contributed by atoms with Gasteiger partial charge in [0.15, 0.2) is 0 Å². The number of unbranched alkanes of at least 4 members (excludes halogenated alkanes) is 15. The SMILES string of the molecule is CCCCCCCCCCCCCCCCCC[N+]1=C(C)NCC1Cc1ccccc1.[Cl-]. The molecule has 1 aliphatic heterocycles. The summed E-state index contributed by atoms with van der Waals surface area (Å²) in [7, 11) is 0. The van der Waals surface area contributed by atoms with Gasteiger partial charge in [0.25, 0.3) is 0 Å². The topological polar surface area (TPSA) is 15.0 Å². The molecule has 0 spiro atoms. The maximum atomic E-state index is 3.59. The average Bonchev–Trinajstić information content (AvgIpc) is 3.13. The molecule has 0 amide bonds. The summed E-state index contributed by atoms with van der Waals surface area (Å²) in [6, 6.07) is 11.6. The summed E-state index contributed by atoms with van der Waals surface area (Å²) >= 11 is 0. The van der Waals surface area contributed by atoms with E-state index in [0.29, 0.717) is 6.04 Å². The first-order valence-electron chi connectivity index (χ1n) is 13.7. The van der Waals surface area contributed by atoms with Crippen LogP contribution in [0.15, 0.2) is 30.3 Å². The lowest BCUT2D eigenvalue weighted by Gasteiger charge is -2.13. The van der Waals surface area contributed by atoms with Crippen LogP contribution in [-0.4, -0.2) is 29.5 Å². The maximum absolute atomic E-state index is 3.59. The second-order valence-corrected chi connectivity index (χ2v) is 9.81. The molecule has 1 N–H and O–H groups in total. The molecule has 0 fully saturated rings. The number of benzene rings is 1. The third-order valence-corrected chi connectivity index (χ3v) is 7.03. The summed E-state index contributed by atoms with van der Waals surface area (Å²) in [6.07, 6.45) is 24.2. The van der Waals surface area contributed by atoms with Gasteiger partial charge < -0.3 is 12.4 Å². The second-order valence-electron chi connectivity index (χ2n) is 9.81. The zero-order valence-electron chi connectivity index (χ0n) is 21.2. The van der Waals surface area contributed by atoms with Crippen molar-refractivity contribution in [1.29, 1.82) is 0 Å². The van der Waals surface area contributed by atoms with Gasteiger partial charge in [-0.1, -0.05) is 127 Å². The summed E-state index contributed by atoms with van der Waals surface area (Å²) in [6.45, 7) is 6.86. The minimum atomic E-state index is 0. The van der Waals surface area contributed by atoms with Gasteiger partial charge in [-0.3, -0.25) is 9.89 Å². The van der Waals surface area contributed by atoms with E-state index in [2.05, 4.69) is 54.1 Å². The largest absolute Gasteiger partial charge is 1.00 e. The van der Waals surface area contributed by atoms with Crippen LogP contribution in [0.1, 0.15) is 122 Å². The molecule has 3 heteroatoms. The Bertz CT molecular complexity index is 584. The third-order valence-electron chi connectivity index (χ3n) is 7.03. The maximum Gasteiger partial charge on any atom is 0.241 e. The summed E-state index contributed by atoms with van der Waals surface area (Å²) in [5.41, 5.74) is 1.46. The third kappa shape index (κ3) is 12.9. The Morgan fingerprint density at radius 2 is 1.19 bits per heavy atom. The van der Waals surface area contributed by atoms with Gasteiger partial charge in [0.05, 0.1) is 6.54 Å². The average molecular weight is 463 g/mol. The molecular weight excluding hydrogens is 412 g/mol. The molecule has 0 aliphatic carbocycles. The Balaban J connectivity index is 0.00000512. The van der Waals surface area contributed by atoms with Crippen molar-refractivity contribution in [3.05, 3.63) is 35.9 Å². The molecule has 0 aromatic heterocycles. The molecule has 2 nitrogen and oxygen atoms in total. The zero-order chi connectivity index (χ0) is 22.0. The Labute approximate surface area is 206 Å². The fraction of sp³-hybridized carbons (Fsp3) is 0.759. The highest BCUT2D eigenvalue weighted by Crippen LogP contribution is 2.14. The number of hydrogen-bond donors (Lipinski definition) is 1. The van der Waals surface area contributed by atoms with Crippen LogP contribution in [-0.2, 0) is 6.42 Å². The molecule has 2 rings (SSSR count). The van der Waals surface area contributed by atoms with Gasteiger partial charge in [0, 0.05) is 13.3 Å². The first-order valence-corrected chi connectivity index (χ1v) is 13.7. The highest BCUT2D eigenvalue weighted by atomic mass is 35.5. The fourth-order valence-corrected chi connectivity index (χ4v) is 5.00. The van der Waals surface area contributed by atoms with Crippen LogP contribution in [0.5, 0.6) is 0 Å². The van der Waals surface area contributed by atoms with Crippen molar-refractivity contribution in [3.63, 3.8) is 0 Å². The molecule has 0 saturated carbocycles. The summed E-state index contributed by atoms with van der Waals surface area (Å²) in [5.74, 6) is 1.38. The lowest BCUT2D eigenvalue weighted by atomic mass is 10.0. The van der Waals surface area contributed by atoms with Gasteiger partial charge in [-0.05, 0) is 18.4 Å². The number of nitrogens with one attached hydrogen (secondary N) is 1. The van der Waals surface area contributed by atoms with E-state index in [1.54, 1.807) is 0 Å². The molecule has 1 aliphatic rings. The smallest absolute Gasteiger partial charge is 0.241 e. The van der Waals surface area contributed by atoms with Crippen molar-refractivity contribution in [3.8, 4) is 0 Å². The second kappa shape index (κ2) is 19.4. The number of hydrogen-bond acceptors (Lipinski definition) is 1. The van der Waals surface area contributed by atoms with Crippen molar-refractivity contribution in [2.75, 3.05) is 13.1 Å². The molecule has 0 saturated heterocycles. The minimum absolute atomic E-state index is 0. The molecule has 1 atom stereocenters. The van der Waals surface area contributed by atoms with Crippen molar-refractivity contribution in [2.24, 2.45) is 0 Å². The number of nitrogens with zero attached hydrogens (tertiary/aromatic N) is 1. The molecule has 0 bridgehead atoms. The monoisotopic (exact) mass is 462 g/mol. The van der Waals surface area contributed by atoms with Crippen molar-refractivity contribution < 1.29 is 17.0 Å². The molecule has 1 aromatic carbocycles. The van der Waals surface area contributed by atoms with Crippen molar-refractivity contribution in [2.45, 2.75) is 129 Å². The van der Waals surface area contributed by atoms with E-state index in [1.165, 1.54) is 121 Å². The predicted octanol–water partition coefficient (Wildman–Crippen LogP) is 4.90. The van der Waals surface area contributed by atoms with Gasteiger partial charge in [0.1, 0.15) is 12.6 Å². The highest BCUT2D eigenvalue weighted by Gasteiger charge is 2.28.